The van der Waals surface area contributed by atoms with Crippen LogP contribution in [0, 0.1) is 5.82 Å². The van der Waals surface area contributed by atoms with Gasteiger partial charge >= 0.3 is 11.8 Å². The van der Waals surface area contributed by atoms with E-state index in [1.165, 1.54) is 31.5 Å². The minimum atomic E-state index is -0.972. The van der Waals surface area contributed by atoms with E-state index in [0.29, 0.717) is 11.3 Å². The average molecular weight is 315 g/mol. The van der Waals surface area contributed by atoms with Gasteiger partial charge in [-0.1, -0.05) is 18.2 Å². The van der Waals surface area contributed by atoms with Gasteiger partial charge in [-0.2, -0.15) is 5.10 Å². The van der Waals surface area contributed by atoms with Crippen molar-refractivity contribution in [1.29, 1.82) is 0 Å². The number of rotatable bonds is 4. The molecule has 7 heteroatoms. The molecular weight excluding hydrogens is 301 g/mol. The molecule has 2 rings (SSSR count). The lowest BCUT2D eigenvalue weighted by Gasteiger charge is -2.04. The molecule has 0 aliphatic heterocycles. The Labute approximate surface area is 132 Å². The minimum absolute atomic E-state index is 0.179. The highest BCUT2D eigenvalue weighted by Gasteiger charge is 2.13. The van der Waals surface area contributed by atoms with Gasteiger partial charge in [0.15, 0.2) is 0 Å². The van der Waals surface area contributed by atoms with Crippen molar-refractivity contribution in [2.45, 2.75) is 0 Å². The van der Waals surface area contributed by atoms with E-state index >= 15 is 0 Å². The number of benzene rings is 2. The number of hydrazone groups is 1. The van der Waals surface area contributed by atoms with E-state index in [2.05, 4.69) is 15.8 Å². The molecular formula is C16H14FN3O3. The van der Waals surface area contributed by atoms with Crippen molar-refractivity contribution in [3.05, 3.63) is 59.9 Å². The summed E-state index contributed by atoms with van der Waals surface area (Å²) in [4.78, 5) is 23.3. The quantitative estimate of drug-likeness (QED) is 0.514. The van der Waals surface area contributed by atoms with E-state index in [4.69, 9.17) is 4.74 Å². The summed E-state index contributed by atoms with van der Waals surface area (Å²) < 4.78 is 18.1. The molecule has 2 aromatic carbocycles. The van der Waals surface area contributed by atoms with Gasteiger partial charge in [0.2, 0.25) is 0 Å². The molecule has 0 bridgehead atoms. The third kappa shape index (κ3) is 4.63. The summed E-state index contributed by atoms with van der Waals surface area (Å²) in [6.07, 6.45) is 1.35. The third-order valence-electron chi connectivity index (χ3n) is 2.80. The van der Waals surface area contributed by atoms with Crippen molar-refractivity contribution in [3.63, 3.8) is 0 Å². The molecule has 0 radical (unpaired) electrons. The zero-order chi connectivity index (χ0) is 16.7. The smallest absolute Gasteiger partial charge is 0.329 e. The topological polar surface area (TPSA) is 79.8 Å². The zero-order valence-corrected chi connectivity index (χ0v) is 12.2. The average Bonchev–Trinajstić information content (AvgIpc) is 2.55. The van der Waals surface area contributed by atoms with Gasteiger partial charge in [0.1, 0.15) is 11.6 Å². The first-order valence-electron chi connectivity index (χ1n) is 6.63. The number of carbonyl (C=O) groups excluding carboxylic acids is 2. The Kier molecular flexibility index (Phi) is 5.40. The summed E-state index contributed by atoms with van der Waals surface area (Å²) in [5.74, 6) is -1.86. The third-order valence-corrected chi connectivity index (χ3v) is 2.80. The van der Waals surface area contributed by atoms with Crippen LogP contribution in [0.5, 0.6) is 5.75 Å². The zero-order valence-electron chi connectivity index (χ0n) is 12.2. The standard InChI is InChI=1S/C16H14FN3O3/c1-23-14-8-3-2-5-11(14)10-18-20-16(22)15(21)19-13-7-4-6-12(17)9-13/h2-10H,1H3,(H,19,21)(H,20,22). The van der Waals surface area contributed by atoms with Crippen LogP contribution in [-0.4, -0.2) is 25.1 Å². The number of anilines is 1. The molecule has 0 fully saturated rings. The van der Waals surface area contributed by atoms with E-state index in [9.17, 15) is 14.0 Å². The van der Waals surface area contributed by atoms with Crippen molar-refractivity contribution in [2.75, 3.05) is 12.4 Å². The lowest BCUT2D eigenvalue weighted by atomic mass is 10.2. The number of amides is 2. The van der Waals surface area contributed by atoms with E-state index in [1.54, 1.807) is 24.3 Å². The molecule has 0 saturated heterocycles. The van der Waals surface area contributed by atoms with Crippen LogP contribution in [0.3, 0.4) is 0 Å². The number of halogens is 1. The van der Waals surface area contributed by atoms with Crippen molar-refractivity contribution in [1.82, 2.24) is 5.43 Å². The normalized spacial score (nSPS) is 10.3. The second kappa shape index (κ2) is 7.69. The fraction of sp³-hybridized carbons (Fsp3) is 0.0625. The van der Waals surface area contributed by atoms with Crippen molar-refractivity contribution >= 4 is 23.7 Å². The summed E-state index contributed by atoms with van der Waals surface area (Å²) in [5, 5.41) is 5.96. The fourth-order valence-electron chi connectivity index (χ4n) is 1.74. The number of hydrogen-bond acceptors (Lipinski definition) is 4. The summed E-state index contributed by atoms with van der Waals surface area (Å²) in [7, 11) is 1.51. The van der Waals surface area contributed by atoms with Crippen LogP contribution in [-0.2, 0) is 9.59 Å². The van der Waals surface area contributed by atoms with E-state index in [1.807, 2.05) is 0 Å². The van der Waals surface area contributed by atoms with Gasteiger partial charge in [-0.25, -0.2) is 9.82 Å². The summed E-state index contributed by atoms with van der Waals surface area (Å²) in [6.45, 7) is 0. The number of para-hydroxylation sites is 1. The number of carbonyl (C=O) groups is 2. The molecule has 0 aliphatic carbocycles. The number of nitrogens with zero attached hydrogens (tertiary/aromatic N) is 1. The van der Waals surface area contributed by atoms with E-state index in [0.717, 1.165) is 6.07 Å². The van der Waals surface area contributed by atoms with Crippen LogP contribution in [0.2, 0.25) is 0 Å². The molecule has 2 N–H and O–H groups in total. The molecule has 0 spiro atoms. The number of nitrogens with one attached hydrogen (secondary N) is 2. The van der Waals surface area contributed by atoms with Crippen LogP contribution in [0.4, 0.5) is 10.1 Å². The van der Waals surface area contributed by atoms with Gasteiger partial charge in [0.05, 0.1) is 13.3 Å². The Balaban J connectivity index is 1.93. The second-order valence-corrected chi connectivity index (χ2v) is 4.41. The Morgan fingerprint density at radius 2 is 1.91 bits per heavy atom. The Bertz CT molecular complexity index is 747. The molecule has 0 heterocycles. The fourth-order valence-corrected chi connectivity index (χ4v) is 1.74. The largest absolute Gasteiger partial charge is 0.496 e. The first-order chi connectivity index (χ1) is 11.1. The van der Waals surface area contributed by atoms with Gasteiger partial charge in [0, 0.05) is 11.3 Å². The highest BCUT2D eigenvalue weighted by atomic mass is 19.1. The highest BCUT2D eigenvalue weighted by Crippen LogP contribution is 2.14. The number of methoxy groups -OCH3 is 1. The van der Waals surface area contributed by atoms with Crippen LogP contribution in [0.15, 0.2) is 53.6 Å². The Morgan fingerprint density at radius 1 is 1.13 bits per heavy atom. The summed E-state index contributed by atoms with van der Waals surface area (Å²) in [5.41, 5.74) is 2.91. The molecule has 6 nitrogen and oxygen atoms in total. The van der Waals surface area contributed by atoms with Crippen LogP contribution < -0.4 is 15.5 Å². The maximum absolute atomic E-state index is 13.0. The molecule has 2 aromatic rings. The van der Waals surface area contributed by atoms with Crippen LogP contribution in [0.25, 0.3) is 0 Å². The number of ether oxygens (including phenoxy) is 1. The maximum atomic E-state index is 13.0. The van der Waals surface area contributed by atoms with Gasteiger partial charge in [-0.05, 0) is 30.3 Å². The first-order valence-corrected chi connectivity index (χ1v) is 6.63. The number of hydrogen-bond donors (Lipinski definition) is 2. The minimum Gasteiger partial charge on any atom is -0.496 e. The first kappa shape index (κ1) is 16.2. The van der Waals surface area contributed by atoms with Gasteiger partial charge < -0.3 is 10.1 Å². The second-order valence-electron chi connectivity index (χ2n) is 4.41. The molecule has 118 valence electrons. The molecule has 0 atom stereocenters. The van der Waals surface area contributed by atoms with Crippen molar-refractivity contribution < 1.29 is 18.7 Å². The summed E-state index contributed by atoms with van der Waals surface area (Å²) in [6, 6.07) is 12.3. The van der Waals surface area contributed by atoms with E-state index in [-0.39, 0.29) is 5.69 Å². The highest BCUT2D eigenvalue weighted by molar-refractivity contribution is 6.39. The Hall–Kier alpha value is -3.22. The lowest BCUT2D eigenvalue weighted by Crippen LogP contribution is -2.32. The molecule has 2 amide bonds. The predicted molar refractivity (Wildman–Crippen MR) is 83.8 cm³/mol. The molecule has 0 saturated carbocycles. The van der Waals surface area contributed by atoms with Gasteiger partial charge in [-0.3, -0.25) is 9.59 Å². The van der Waals surface area contributed by atoms with Crippen molar-refractivity contribution in [3.8, 4) is 5.75 Å². The summed E-state index contributed by atoms with van der Waals surface area (Å²) >= 11 is 0. The Morgan fingerprint density at radius 3 is 2.65 bits per heavy atom. The SMILES string of the molecule is COc1ccccc1C=NNC(=O)C(=O)Nc1cccc(F)c1. The predicted octanol–water partition coefficient (Wildman–Crippen LogP) is 1.92. The lowest BCUT2D eigenvalue weighted by molar-refractivity contribution is -0.136. The molecule has 0 aromatic heterocycles. The molecule has 23 heavy (non-hydrogen) atoms. The maximum Gasteiger partial charge on any atom is 0.329 e. The van der Waals surface area contributed by atoms with Crippen molar-refractivity contribution in [2.24, 2.45) is 5.10 Å². The van der Waals surface area contributed by atoms with Gasteiger partial charge in [0.25, 0.3) is 0 Å². The van der Waals surface area contributed by atoms with Crippen LogP contribution in [0.1, 0.15) is 5.56 Å². The molecule has 0 aliphatic rings. The van der Waals surface area contributed by atoms with E-state index < -0.39 is 17.6 Å². The van der Waals surface area contributed by atoms with Gasteiger partial charge in [-0.15, -0.1) is 0 Å². The monoisotopic (exact) mass is 315 g/mol. The van der Waals surface area contributed by atoms with Crippen LogP contribution >= 0.6 is 0 Å². The molecule has 0 unspecified atom stereocenters.